The Morgan fingerprint density at radius 3 is 1.98 bits per heavy atom. The lowest BCUT2D eigenvalue weighted by Gasteiger charge is -2.47. The number of ether oxygens (including phenoxy) is 1. The molecular weight excluding hydrogens is 691 g/mol. The van der Waals surface area contributed by atoms with Gasteiger partial charge in [-0.25, -0.2) is 13.2 Å². The number of carbonyl (C=O) groups excluding carboxylic acids is 1. The molecule has 0 N–H and O–H groups in total. The zero-order valence-corrected chi connectivity index (χ0v) is 32.6. The average molecular weight is 742 g/mol. The van der Waals surface area contributed by atoms with E-state index in [-0.39, 0.29) is 23.0 Å². The van der Waals surface area contributed by atoms with Crippen LogP contribution in [0.3, 0.4) is 0 Å². The minimum atomic E-state index is -3.10. The lowest BCUT2D eigenvalue weighted by atomic mass is 9.71. The Morgan fingerprint density at radius 1 is 0.860 bits per heavy atom. The van der Waals surface area contributed by atoms with Crippen molar-refractivity contribution in [2.24, 2.45) is 4.99 Å². The van der Waals surface area contributed by atoms with Gasteiger partial charge >= 0.3 is 6.03 Å². The van der Waals surface area contributed by atoms with E-state index in [2.05, 4.69) is 51.7 Å². The Labute approximate surface area is 308 Å². The molecule has 1 fully saturated rings. The Balaban J connectivity index is 1.64. The van der Waals surface area contributed by atoms with E-state index in [0.29, 0.717) is 67.4 Å². The van der Waals surface area contributed by atoms with Crippen LogP contribution in [0.25, 0.3) is 0 Å². The van der Waals surface area contributed by atoms with E-state index in [4.69, 9.17) is 32.9 Å². The molecule has 0 saturated carbocycles. The van der Waals surface area contributed by atoms with Gasteiger partial charge in [0.05, 0.1) is 17.9 Å². The van der Waals surface area contributed by atoms with Crippen molar-refractivity contribution in [3.05, 3.63) is 99.0 Å². The van der Waals surface area contributed by atoms with Crippen molar-refractivity contribution in [1.82, 2.24) is 14.7 Å². The second-order valence-electron chi connectivity index (χ2n) is 14.6. The highest BCUT2D eigenvalue weighted by Crippen LogP contribution is 2.54. The van der Waals surface area contributed by atoms with Gasteiger partial charge in [-0.05, 0) is 85.7 Å². The Morgan fingerprint density at radius 2 is 1.44 bits per heavy atom. The summed E-state index contributed by atoms with van der Waals surface area (Å²) < 4.78 is 31.2. The van der Waals surface area contributed by atoms with Crippen molar-refractivity contribution in [3.63, 3.8) is 0 Å². The van der Waals surface area contributed by atoms with Gasteiger partial charge in [0, 0.05) is 48.5 Å². The Kier molecular flexibility index (Phi) is 11.3. The molecule has 50 heavy (non-hydrogen) atoms. The fraction of sp³-hybridized carbons (Fsp3) is 0.487. The van der Waals surface area contributed by atoms with Gasteiger partial charge in [-0.15, -0.1) is 0 Å². The number of carbonyl (C=O) groups is 1. The van der Waals surface area contributed by atoms with Crippen LogP contribution in [0.15, 0.2) is 71.7 Å². The molecule has 0 unspecified atom stereocenters. The van der Waals surface area contributed by atoms with Crippen LogP contribution >= 0.6 is 23.2 Å². The highest BCUT2D eigenvalue weighted by molar-refractivity contribution is 7.91. The van der Waals surface area contributed by atoms with E-state index in [9.17, 15) is 8.42 Å². The number of hydrogen-bond donors (Lipinski definition) is 0. The number of sulfone groups is 1. The molecule has 0 aromatic heterocycles. The van der Waals surface area contributed by atoms with Gasteiger partial charge in [0.2, 0.25) is 0 Å². The number of nitrogens with zero attached hydrogens (tertiary/aromatic N) is 4. The van der Waals surface area contributed by atoms with E-state index in [1.807, 2.05) is 78.2 Å². The van der Waals surface area contributed by atoms with Crippen molar-refractivity contribution in [1.29, 1.82) is 0 Å². The monoisotopic (exact) mass is 740 g/mol. The van der Waals surface area contributed by atoms with Gasteiger partial charge in [-0.2, -0.15) is 0 Å². The number of benzene rings is 3. The highest BCUT2D eigenvalue weighted by Gasteiger charge is 2.60. The van der Waals surface area contributed by atoms with Crippen LogP contribution in [-0.4, -0.2) is 85.8 Å². The number of hydrogen-bond acceptors (Lipinski definition) is 6. The predicted octanol–water partition coefficient (Wildman–Crippen LogP) is 8.15. The minimum Gasteiger partial charge on any atom is -0.493 e. The summed E-state index contributed by atoms with van der Waals surface area (Å²) in [4.78, 5) is 26.5. The minimum absolute atomic E-state index is 0.122. The van der Waals surface area contributed by atoms with Crippen molar-refractivity contribution in [2.75, 3.05) is 50.8 Å². The van der Waals surface area contributed by atoms with E-state index in [1.54, 1.807) is 0 Å². The van der Waals surface area contributed by atoms with E-state index in [0.717, 1.165) is 22.3 Å². The third-order valence-electron chi connectivity index (χ3n) is 10.2. The second-order valence-corrected chi connectivity index (χ2v) is 17.8. The maximum atomic E-state index is 15.2. The number of amides is 2. The van der Waals surface area contributed by atoms with Gasteiger partial charge in [-0.3, -0.25) is 14.8 Å². The molecule has 2 amide bonds. The quantitative estimate of drug-likeness (QED) is 0.210. The van der Waals surface area contributed by atoms with Gasteiger partial charge in [-0.1, -0.05) is 81.2 Å². The largest absolute Gasteiger partial charge is 0.493 e. The molecule has 0 aliphatic carbocycles. The van der Waals surface area contributed by atoms with Gasteiger partial charge < -0.3 is 9.64 Å². The Hall–Kier alpha value is -3.11. The topological polar surface area (TPSA) is 82.5 Å². The number of urea groups is 1. The van der Waals surface area contributed by atoms with E-state index in [1.165, 1.54) is 0 Å². The first-order chi connectivity index (χ1) is 23.5. The molecule has 0 spiro atoms. The first-order valence-corrected chi connectivity index (χ1v) is 20.0. The third-order valence-corrected chi connectivity index (χ3v) is 12.5. The molecule has 11 heteroatoms. The lowest BCUT2D eigenvalue weighted by Crippen LogP contribution is -2.60. The second kappa shape index (κ2) is 14.9. The average Bonchev–Trinajstić information content (AvgIpc) is 3.31. The van der Waals surface area contributed by atoms with Crippen LogP contribution in [-0.2, 0) is 26.3 Å². The SMILES string of the molecule is CCCS(=O)(=O)CCN1CCN(C(=O)N2C(c3ccc(C(C)(C)C)cc3OCC)=N[C@@](C)(c3ccc(Cl)cc3)[C@@]2(C)c2ccc(Cl)cc2)CC1. The van der Waals surface area contributed by atoms with Crippen LogP contribution in [0.4, 0.5) is 4.79 Å². The molecule has 8 nitrogen and oxygen atoms in total. The predicted molar refractivity (Wildman–Crippen MR) is 205 cm³/mol. The number of aliphatic imine (C=N–C) groups is 1. The summed E-state index contributed by atoms with van der Waals surface area (Å²) in [5, 5.41) is 1.20. The Bertz CT molecular complexity index is 1820. The lowest BCUT2D eigenvalue weighted by molar-refractivity contribution is 0.0880. The van der Waals surface area contributed by atoms with Crippen molar-refractivity contribution < 1.29 is 17.9 Å². The number of amidine groups is 1. The van der Waals surface area contributed by atoms with Crippen molar-refractivity contribution >= 4 is 44.9 Å². The fourth-order valence-electron chi connectivity index (χ4n) is 7.00. The molecule has 5 rings (SSSR count). The molecule has 2 atom stereocenters. The zero-order valence-electron chi connectivity index (χ0n) is 30.3. The molecule has 2 heterocycles. The molecule has 0 bridgehead atoms. The molecular formula is C39H50Cl2N4O4S. The van der Waals surface area contributed by atoms with Crippen LogP contribution in [0.5, 0.6) is 5.75 Å². The maximum Gasteiger partial charge on any atom is 0.326 e. The van der Waals surface area contributed by atoms with Crippen LogP contribution in [0.1, 0.15) is 77.1 Å². The normalized spacial score (nSPS) is 21.7. The highest BCUT2D eigenvalue weighted by atomic mass is 35.5. The maximum absolute atomic E-state index is 15.2. The summed E-state index contributed by atoms with van der Waals surface area (Å²) in [6, 6.07) is 21.3. The summed E-state index contributed by atoms with van der Waals surface area (Å²) in [6.45, 7) is 17.4. The van der Waals surface area contributed by atoms with Gasteiger partial charge in [0.15, 0.2) is 9.84 Å². The molecule has 2 aliphatic rings. The van der Waals surface area contributed by atoms with E-state index >= 15 is 4.79 Å². The van der Waals surface area contributed by atoms with Crippen molar-refractivity contribution in [3.8, 4) is 5.75 Å². The summed E-state index contributed by atoms with van der Waals surface area (Å²) in [7, 11) is -3.10. The fourth-order valence-corrected chi connectivity index (χ4v) is 8.62. The first kappa shape index (κ1) is 38.1. The summed E-state index contributed by atoms with van der Waals surface area (Å²) >= 11 is 12.8. The molecule has 1 saturated heterocycles. The molecule has 0 radical (unpaired) electrons. The van der Waals surface area contributed by atoms with Crippen LogP contribution in [0.2, 0.25) is 10.0 Å². The smallest absolute Gasteiger partial charge is 0.326 e. The molecule has 3 aromatic carbocycles. The molecule has 270 valence electrons. The summed E-state index contributed by atoms with van der Waals surface area (Å²) in [5.41, 5.74) is 1.51. The number of rotatable bonds is 10. The van der Waals surface area contributed by atoms with Crippen LogP contribution in [0, 0.1) is 0 Å². The third kappa shape index (κ3) is 7.57. The van der Waals surface area contributed by atoms with Gasteiger partial charge in [0.1, 0.15) is 22.7 Å². The summed E-state index contributed by atoms with van der Waals surface area (Å²) in [6.07, 6.45) is 0.607. The summed E-state index contributed by atoms with van der Waals surface area (Å²) in [5.74, 6) is 1.49. The number of halogens is 2. The number of piperazine rings is 1. The van der Waals surface area contributed by atoms with Crippen LogP contribution < -0.4 is 4.74 Å². The molecule has 2 aliphatic heterocycles. The van der Waals surface area contributed by atoms with E-state index < -0.39 is 20.9 Å². The van der Waals surface area contributed by atoms with Gasteiger partial charge in [0.25, 0.3) is 0 Å². The van der Waals surface area contributed by atoms with Crippen molar-refractivity contribution in [2.45, 2.75) is 71.4 Å². The first-order valence-electron chi connectivity index (χ1n) is 17.5. The zero-order chi connectivity index (χ0) is 36.5. The molecule has 3 aromatic rings. The standard InChI is InChI=1S/C39H50Cl2N4O4S/c1-8-25-50(47,48)26-24-43-20-22-44(23-21-43)36(46)45-35(33-19-14-30(37(3,4)5)27-34(33)49-9-2)42-38(6,28-10-15-31(40)16-11-28)39(45,7)29-12-17-32(41)18-13-29/h10-19,27H,8-9,20-26H2,1-7H3/t38-,39+/m0/s1.